The molecule has 20 heavy (non-hydrogen) atoms. The smallest absolute Gasteiger partial charge is 0.127 e. The van der Waals surface area contributed by atoms with Crippen molar-refractivity contribution in [2.45, 2.75) is 40.0 Å². The van der Waals surface area contributed by atoms with E-state index in [1.807, 2.05) is 0 Å². The van der Waals surface area contributed by atoms with Crippen LogP contribution in [-0.2, 0) is 13.2 Å². The van der Waals surface area contributed by atoms with Gasteiger partial charge in [-0.25, -0.2) is 0 Å². The van der Waals surface area contributed by atoms with Crippen LogP contribution in [-0.4, -0.2) is 6.04 Å². The van der Waals surface area contributed by atoms with Crippen LogP contribution in [0.4, 0.5) is 0 Å². The van der Waals surface area contributed by atoms with E-state index in [2.05, 4.69) is 71.0 Å². The van der Waals surface area contributed by atoms with Crippen molar-refractivity contribution in [2.24, 2.45) is 0 Å². The lowest BCUT2D eigenvalue weighted by molar-refractivity contribution is 0.300. The Balaban J connectivity index is 2.16. The van der Waals surface area contributed by atoms with E-state index in [0.717, 1.165) is 22.3 Å². The van der Waals surface area contributed by atoms with Gasteiger partial charge >= 0.3 is 0 Å². The second-order valence-electron chi connectivity index (χ2n) is 5.17. The molecule has 1 N–H and O–H groups in total. The first kappa shape index (κ1) is 15.5. The summed E-state index contributed by atoms with van der Waals surface area (Å²) in [4.78, 5) is 0. The van der Waals surface area contributed by atoms with E-state index in [4.69, 9.17) is 4.74 Å². The Labute approximate surface area is 133 Å². The molecule has 1 aromatic carbocycles. The third-order valence-electron chi connectivity index (χ3n) is 2.98. The van der Waals surface area contributed by atoms with Crippen molar-refractivity contribution in [3.63, 3.8) is 0 Å². The van der Waals surface area contributed by atoms with Crippen LogP contribution in [0, 0.1) is 6.92 Å². The number of nitrogens with one attached hydrogen (secondary N) is 1. The number of thiophene rings is 1. The molecule has 0 aliphatic rings. The van der Waals surface area contributed by atoms with Crippen LogP contribution < -0.4 is 10.1 Å². The van der Waals surface area contributed by atoms with E-state index in [-0.39, 0.29) is 0 Å². The highest BCUT2D eigenvalue weighted by molar-refractivity contribution is 9.10. The van der Waals surface area contributed by atoms with Gasteiger partial charge < -0.3 is 10.1 Å². The number of benzene rings is 1. The third kappa shape index (κ3) is 4.33. The van der Waals surface area contributed by atoms with Gasteiger partial charge in [0.25, 0.3) is 0 Å². The molecule has 0 unspecified atom stereocenters. The summed E-state index contributed by atoms with van der Waals surface area (Å²) in [6.07, 6.45) is 0. The van der Waals surface area contributed by atoms with Crippen molar-refractivity contribution in [1.29, 1.82) is 0 Å². The van der Waals surface area contributed by atoms with Gasteiger partial charge in [0.1, 0.15) is 12.4 Å². The molecule has 0 radical (unpaired) electrons. The minimum Gasteiger partial charge on any atom is -0.488 e. The van der Waals surface area contributed by atoms with E-state index >= 15 is 0 Å². The molecule has 0 saturated carbocycles. The molecule has 1 heterocycles. The van der Waals surface area contributed by atoms with E-state index in [1.165, 1.54) is 11.1 Å². The maximum atomic E-state index is 6.05. The number of hydrogen-bond acceptors (Lipinski definition) is 3. The van der Waals surface area contributed by atoms with Crippen LogP contribution in [0.3, 0.4) is 0 Å². The number of hydrogen-bond donors (Lipinski definition) is 1. The van der Waals surface area contributed by atoms with Gasteiger partial charge in [-0.3, -0.25) is 0 Å². The van der Waals surface area contributed by atoms with Crippen molar-refractivity contribution in [3.8, 4) is 5.75 Å². The molecule has 108 valence electrons. The van der Waals surface area contributed by atoms with Gasteiger partial charge in [0.05, 0.1) is 0 Å². The number of halogens is 1. The first-order chi connectivity index (χ1) is 9.56. The molecule has 2 aromatic rings. The summed E-state index contributed by atoms with van der Waals surface area (Å²) in [5.41, 5.74) is 3.58. The Morgan fingerprint density at radius 3 is 2.80 bits per heavy atom. The van der Waals surface area contributed by atoms with Crippen molar-refractivity contribution < 1.29 is 4.74 Å². The van der Waals surface area contributed by atoms with Crippen LogP contribution in [0.2, 0.25) is 0 Å². The first-order valence-electron chi connectivity index (χ1n) is 6.72. The monoisotopic (exact) mass is 353 g/mol. The average Bonchev–Trinajstić information content (AvgIpc) is 2.88. The summed E-state index contributed by atoms with van der Waals surface area (Å²) < 4.78 is 7.14. The molecule has 1 aromatic heterocycles. The van der Waals surface area contributed by atoms with Crippen molar-refractivity contribution in [2.75, 3.05) is 0 Å². The quantitative estimate of drug-likeness (QED) is 0.797. The summed E-state index contributed by atoms with van der Waals surface area (Å²) in [7, 11) is 0. The second kappa shape index (κ2) is 7.25. The van der Waals surface area contributed by atoms with E-state index < -0.39 is 0 Å². The Morgan fingerprint density at radius 2 is 2.15 bits per heavy atom. The van der Waals surface area contributed by atoms with Crippen LogP contribution in [0.25, 0.3) is 0 Å². The van der Waals surface area contributed by atoms with Gasteiger partial charge in [-0.2, -0.15) is 11.3 Å². The highest BCUT2D eigenvalue weighted by Gasteiger charge is 2.10. The minimum atomic E-state index is 0.457. The lowest BCUT2D eigenvalue weighted by Crippen LogP contribution is -2.22. The summed E-state index contributed by atoms with van der Waals surface area (Å²) in [6, 6.07) is 6.79. The van der Waals surface area contributed by atoms with Gasteiger partial charge in [0.15, 0.2) is 0 Å². The Morgan fingerprint density at radius 1 is 1.35 bits per heavy atom. The van der Waals surface area contributed by atoms with Crippen molar-refractivity contribution in [3.05, 3.63) is 50.1 Å². The van der Waals surface area contributed by atoms with Gasteiger partial charge in [0, 0.05) is 22.6 Å². The summed E-state index contributed by atoms with van der Waals surface area (Å²) in [5, 5.41) is 7.65. The molecule has 0 aliphatic heterocycles. The summed E-state index contributed by atoms with van der Waals surface area (Å²) >= 11 is 5.26. The fourth-order valence-corrected chi connectivity index (χ4v) is 3.25. The lowest BCUT2D eigenvalue weighted by Gasteiger charge is -2.16. The fourth-order valence-electron chi connectivity index (χ4n) is 1.98. The maximum absolute atomic E-state index is 6.05. The van der Waals surface area contributed by atoms with Crippen LogP contribution in [0.5, 0.6) is 5.75 Å². The van der Waals surface area contributed by atoms with Gasteiger partial charge in [0.2, 0.25) is 0 Å². The molecule has 0 spiro atoms. The standard InChI is InChI=1S/C16H20BrNOS/c1-11(2)18-8-14-7-15(17)6-12(3)16(14)19-9-13-4-5-20-10-13/h4-7,10-11,18H,8-9H2,1-3H3. The fraction of sp³-hybridized carbons (Fsp3) is 0.375. The molecule has 0 amide bonds. The second-order valence-corrected chi connectivity index (χ2v) is 6.86. The summed E-state index contributed by atoms with van der Waals surface area (Å²) in [5.74, 6) is 0.993. The zero-order valence-corrected chi connectivity index (χ0v) is 14.5. The maximum Gasteiger partial charge on any atom is 0.127 e. The van der Waals surface area contributed by atoms with E-state index in [9.17, 15) is 0 Å². The molecule has 2 rings (SSSR count). The Bertz CT molecular complexity index is 552. The third-order valence-corrected chi connectivity index (χ3v) is 4.17. The van der Waals surface area contributed by atoms with Crippen LogP contribution >= 0.6 is 27.3 Å². The normalized spacial score (nSPS) is 11.1. The van der Waals surface area contributed by atoms with Crippen molar-refractivity contribution in [1.82, 2.24) is 5.32 Å². The molecule has 0 bridgehead atoms. The molecular weight excluding hydrogens is 334 g/mol. The van der Waals surface area contributed by atoms with Crippen LogP contribution in [0.1, 0.15) is 30.5 Å². The Hall–Kier alpha value is -0.840. The van der Waals surface area contributed by atoms with E-state index in [1.54, 1.807) is 11.3 Å². The number of ether oxygens (including phenoxy) is 1. The topological polar surface area (TPSA) is 21.3 Å². The molecule has 0 saturated heterocycles. The minimum absolute atomic E-state index is 0.457. The van der Waals surface area contributed by atoms with Crippen LogP contribution in [0.15, 0.2) is 33.4 Å². The number of aryl methyl sites for hydroxylation is 1. The molecule has 2 nitrogen and oxygen atoms in total. The predicted molar refractivity (Wildman–Crippen MR) is 89.5 cm³/mol. The van der Waals surface area contributed by atoms with Gasteiger partial charge in [-0.15, -0.1) is 0 Å². The molecule has 0 fully saturated rings. The van der Waals surface area contributed by atoms with Crippen molar-refractivity contribution >= 4 is 27.3 Å². The largest absolute Gasteiger partial charge is 0.488 e. The Kier molecular flexibility index (Phi) is 5.64. The van der Waals surface area contributed by atoms with Gasteiger partial charge in [-0.1, -0.05) is 29.8 Å². The summed E-state index contributed by atoms with van der Waals surface area (Å²) in [6.45, 7) is 7.83. The molecule has 4 heteroatoms. The number of rotatable bonds is 6. The average molecular weight is 354 g/mol. The molecular formula is C16H20BrNOS. The first-order valence-corrected chi connectivity index (χ1v) is 8.46. The SMILES string of the molecule is Cc1cc(Br)cc(CNC(C)C)c1OCc1ccsc1. The zero-order valence-electron chi connectivity index (χ0n) is 12.1. The van der Waals surface area contributed by atoms with Gasteiger partial charge in [-0.05, 0) is 47.0 Å². The highest BCUT2D eigenvalue weighted by Crippen LogP contribution is 2.29. The molecule has 0 aliphatic carbocycles. The predicted octanol–water partition coefficient (Wildman–Crippen LogP) is 4.90. The highest BCUT2D eigenvalue weighted by atomic mass is 79.9. The molecule has 0 atom stereocenters. The lowest BCUT2D eigenvalue weighted by atomic mass is 10.1. The van der Waals surface area contributed by atoms with E-state index in [0.29, 0.717) is 12.6 Å². The zero-order chi connectivity index (χ0) is 14.5.